The summed E-state index contributed by atoms with van der Waals surface area (Å²) in [7, 11) is 0. The number of nitrogens with zero attached hydrogens (tertiary/aromatic N) is 3. The van der Waals surface area contributed by atoms with Gasteiger partial charge in [-0.05, 0) is 53.1 Å². The molecular formula is C25H23N3O2S2. The lowest BCUT2D eigenvalue weighted by atomic mass is 10.0. The molecule has 6 rings (SSSR count). The Morgan fingerprint density at radius 2 is 1.75 bits per heavy atom. The van der Waals surface area contributed by atoms with Gasteiger partial charge in [0.05, 0.1) is 15.1 Å². The highest BCUT2D eigenvalue weighted by Gasteiger charge is 2.41. The molecule has 2 atom stereocenters. The van der Waals surface area contributed by atoms with Gasteiger partial charge in [-0.25, -0.2) is 4.98 Å². The molecule has 0 aliphatic carbocycles. The van der Waals surface area contributed by atoms with Crippen LogP contribution in [0.5, 0.6) is 10.9 Å². The lowest BCUT2D eigenvalue weighted by Gasteiger charge is -2.21. The largest absolute Gasteiger partial charge is 0.431 e. The maximum atomic E-state index is 12.6. The number of benzene rings is 2. The number of aromatic nitrogens is 1. The molecule has 2 aromatic carbocycles. The number of carbonyl (C=O) groups excluding carboxylic acids is 1. The van der Waals surface area contributed by atoms with E-state index in [-0.39, 0.29) is 5.91 Å². The van der Waals surface area contributed by atoms with Crippen LogP contribution < -0.4 is 4.74 Å². The number of carbonyl (C=O) groups is 1. The number of amides is 1. The van der Waals surface area contributed by atoms with Crippen LogP contribution in [-0.2, 0) is 6.54 Å². The summed E-state index contributed by atoms with van der Waals surface area (Å²) in [6.07, 6.45) is 0. The molecule has 0 spiro atoms. The molecule has 2 unspecified atom stereocenters. The van der Waals surface area contributed by atoms with Gasteiger partial charge in [-0.15, -0.1) is 11.3 Å². The fourth-order valence-electron chi connectivity index (χ4n) is 4.86. The third-order valence-corrected chi connectivity index (χ3v) is 8.16. The second kappa shape index (κ2) is 8.31. The van der Waals surface area contributed by atoms with Crippen LogP contribution in [0.1, 0.15) is 15.2 Å². The molecule has 2 aliphatic heterocycles. The van der Waals surface area contributed by atoms with Gasteiger partial charge >= 0.3 is 0 Å². The lowest BCUT2D eigenvalue weighted by molar-refractivity contribution is 0.0778. The Labute approximate surface area is 194 Å². The molecule has 4 heterocycles. The number of hydrogen-bond donors (Lipinski definition) is 0. The predicted octanol–water partition coefficient (Wildman–Crippen LogP) is 5.35. The van der Waals surface area contributed by atoms with Crippen molar-refractivity contribution in [1.29, 1.82) is 0 Å². The van der Waals surface area contributed by atoms with E-state index in [1.54, 1.807) is 11.3 Å². The Kier molecular flexibility index (Phi) is 5.17. The zero-order valence-electron chi connectivity index (χ0n) is 17.5. The van der Waals surface area contributed by atoms with Gasteiger partial charge in [0.15, 0.2) is 0 Å². The van der Waals surface area contributed by atoms with Gasteiger partial charge in [0.25, 0.3) is 11.1 Å². The first-order valence-corrected chi connectivity index (χ1v) is 12.6. The maximum Gasteiger partial charge on any atom is 0.279 e. The predicted molar refractivity (Wildman–Crippen MR) is 129 cm³/mol. The molecule has 5 nitrogen and oxygen atoms in total. The van der Waals surface area contributed by atoms with Crippen LogP contribution in [0.2, 0.25) is 0 Å². The molecule has 0 radical (unpaired) electrons. The highest BCUT2D eigenvalue weighted by atomic mass is 32.1. The van der Waals surface area contributed by atoms with Crippen molar-refractivity contribution < 1.29 is 9.53 Å². The van der Waals surface area contributed by atoms with E-state index in [2.05, 4.69) is 28.1 Å². The Bertz CT molecular complexity index is 1190. The van der Waals surface area contributed by atoms with Gasteiger partial charge in [-0.1, -0.05) is 41.7 Å². The van der Waals surface area contributed by atoms with E-state index in [4.69, 9.17) is 4.74 Å². The number of fused-ring (bicyclic) bond motifs is 2. The highest BCUT2D eigenvalue weighted by Crippen LogP contribution is 2.34. The molecule has 2 saturated heterocycles. The van der Waals surface area contributed by atoms with Crippen LogP contribution in [0, 0.1) is 11.8 Å². The number of thiophene rings is 1. The Balaban J connectivity index is 1.04. The number of ether oxygens (including phenoxy) is 1. The first-order chi connectivity index (χ1) is 15.7. The van der Waals surface area contributed by atoms with Gasteiger partial charge in [-0.3, -0.25) is 9.69 Å². The molecule has 2 fully saturated rings. The normalized spacial score (nSPS) is 20.7. The zero-order valence-corrected chi connectivity index (χ0v) is 19.1. The monoisotopic (exact) mass is 461 g/mol. The number of thiazole rings is 1. The summed E-state index contributed by atoms with van der Waals surface area (Å²) >= 11 is 3.10. The molecule has 0 N–H and O–H groups in total. The van der Waals surface area contributed by atoms with Crippen molar-refractivity contribution in [3.8, 4) is 10.9 Å². The smallest absolute Gasteiger partial charge is 0.279 e. The summed E-state index contributed by atoms with van der Waals surface area (Å²) in [6.45, 7) is 4.82. The summed E-state index contributed by atoms with van der Waals surface area (Å²) in [6, 6.07) is 20.3. The summed E-state index contributed by atoms with van der Waals surface area (Å²) in [5.41, 5.74) is 2.26. The maximum absolute atomic E-state index is 12.6. The lowest BCUT2D eigenvalue weighted by Crippen LogP contribution is -2.32. The molecule has 2 aromatic heterocycles. The summed E-state index contributed by atoms with van der Waals surface area (Å²) in [4.78, 5) is 22.6. The van der Waals surface area contributed by atoms with E-state index in [1.165, 1.54) is 16.9 Å². The molecule has 162 valence electrons. The van der Waals surface area contributed by atoms with Crippen LogP contribution in [-0.4, -0.2) is 46.9 Å². The van der Waals surface area contributed by atoms with Crippen molar-refractivity contribution in [2.45, 2.75) is 6.54 Å². The second-order valence-electron chi connectivity index (χ2n) is 8.60. The highest BCUT2D eigenvalue weighted by molar-refractivity contribution is 7.20. The summed E-state index contributed by atoms with van der Waals surface area (Å²) in [5, 5.41) is 2.65. The van der Waals surface area contributed by atoms with E-state index >= 15 is 0 Å². The zero-order chi connectivity index (χ0) is 21.5. The van der Waals surface area contributed by atoms with Gasteiger partial charge in [-0.2, -0.15) is 0 Å². The molecule has 2 aliphatic rings. The first-order valence-electron chi connectivity index (χ1n) is 10.9. The van der Waals surface area contributed by atoms with Crippen molar-refractivity contribution in [2.24, 2.45) is 11.8 Å². The Hall–Kier alpha value is -2.74. The number of hydrogen-bond acceptors (Lipinski definition) is 6. The SMILES string of the molecule is O=C(c1cccs1)N1CC2CN(Cc3ccc(Oc4nc5ccccc5s4)cc3)CC2C1. The van der Waals surface area contributed by atoms with E-state index in [0.29, 0.717) is 17.0 Å². The van der Waals surface area contributed by atoms with Crippen LogP contribution >= 0.6 is 22.7 Å². The van der Waals surface area contributed by atoms with E-state index < -0.39 is 0 Å². The van der Waals surface area contributed by atoms with Crippen LogP contribution in [0.3, 0.4) is 0 Å². The van der Waals surface area contributed by atoms with Crippen LogP contribution in [0.25, 0.3) is 10.2 Å². The average Bonchev–Trinajstić information content (AvgIpc) is 3.58. The molecule has 32 heavy (non-hydrogen) atoms. The van der Waals surface area contributed by atoms with Crippen molar-refractivity contribution in [3.05, 3.63) is 76.5 Å². The fraction of sp³-hybridized carbons (Fsp3) is 0.280. The van der Waals surface area contributed by atoms with Crippen molar-refractivity contribution >= 4 is 38.8 Å². The van der Waals surface area contributed by atoms with Gasteiger partial charge < -0.3 is 9.64 Å². The minimum absolute atomic E-state index is 0.199. The van der Waals surface area contributed by atoms with Crippen molar-refractivity contribution in [1.82, 2.24) is 14.8 Å². The van der Waals surface area contributed by atoms with Crippen LogP contribution in [0.15, 0.2) is 66.0 Å². The summed E-state index contributed by atoms with van der Waals surface area (Å²) in [5.74, 6) is 2.18. The average molecular weight is 462 g/mol. The van der Waals surface area contributed by atoms with Gasteiger partial charge in [0.1, 0.15) is 5.75 Å². The van der Waals surface area contributed by atoms with E-state index in [9.17, 15) is 4.79 Å². The minimum atomic E-state index is 0.199. The van der Waals surface area contributed by atoms with Crippen molar-refractivity contribution in [3.63, 3.8) is 0 Å². The molecule has 4 aromatic rings. The minimum Gasteiger partial charge on any atom is -0.431 e. The second-order valence-corrected chi connectivity index (χ2v) is 10.5. The third kappa shape index (κ3) is 3.92. The van der Waals surface area contributed by atoms with Gasteiger partial charge in [0.2, 0.25) is 0 Å². The Morgan fingerprint density at radius 3 is 2.47 bits per heavy atom. The van der Waals surface area contributed by atoms with E-state index in [0.717, 1.165) is 53.6 Å². The number of likely N-dealkylation sites (tertiary alicyclic amines) is 2. The fourth-order valence-corrected chi connectivity index (χ4v) is 6.38. The van der Waals surface area contributed by atoms with Crippen LogP contribution in [0.4, 0.5) is 0 Å². The molecule has 0 bridgehead atoms. The molecule has 1 amide bonds. The number of rotatable bonds is 5. The topological polar surface area (TPSA) is 45.7 Å². The summed E-state index contributed by atoms with van der Waals surface area (Å²) < 4.78 is 7.10. The van der Waals surface area contributed by atoms with Gasteiger partial charge in [0, 0.05) is 32.7 Å². The molecule has 0 saturated carbocycles. The molecular weight excluding hydrogens is 438 g/mol. The van der Waals surface area contributed by atoms with Crippen molar-refractivity contribution in [2.75, 3.05) is 26.2 Å². The number of para-hydroxylation sites is 1. The first kappa shape index (κ1) is 19.9. The Morgan fingerprint density at radius 1 is 0.969 bits per heavy atom. The molecule has 7 heteroatoms. The third-order valence-electron chi connectivity index (χ3n) is 6.39. The van der Waals surface area contributed by atoms with E-state index in [1.807, 2.05) is 52.7 Å². The quantitative estimate of drug-likeness (QED) is 0.402. The standard InChI is InChI=1S/C25H23N3O2S2/c29-24(23-6-3-11-31-23)28-15-18-13-27(14-19(18)16-28)12-17-7-9-20(10-8-17)30-25-26-21-4-1-2-5-22(21)32-25/h1-11,18-19H,12-16H2.